The van der Waals surface area contributed by atoms with Crippen molar-refractivity contribution in [2.45, 2.75) is 19.3 Å². The van der Waals surface area contributed by atoms with E-state index in [1.165, 1.54) is 23.5 Å². The fourth-order valence-corrected chi connectivity index (χ4v) is 5.10. The Morgan fingerprint density at radius 2 is 2.13 bits per heavy atom. The summed E-state index contributed by atoms with van der Waals surface area (Å²) in [4.78, 5) is 17.2. The van der Waals surface area contributed by atoms with Crippen LogP contribution in [0.15, 0.2) is 36.4 Å². The largest absolute Gasteiger partial charge is 0.497 e. The molecule has 6 nitrogen and oxygen atoms in total. The molecule has 3 heterocycles. The molecule has 2 aromatic carbocycles. The fourth-order valence-electron chi connectivity index (χ4n) is 3.85. The molecule has 1 amide bonds. The first-order chi connectivity index (χ1) is 14.4. The molecule has 1 aliphatic rings. The number of thiazole rings is 1. The fraction of sp³-hybridized carbons (Fsp3) is 0.190. The smallest absolute Gasteiger partial charge is 0.226 e. The topological polar surface area (TPSA) is 69.0 Å². The zero-order valence-electron chi connectivity index (χ0n) is 16.1. The molecule has 0 bridgehead atoms. The van der Waals surface area contributed by atoms with Crippen molar-refractivity contribution in [2.75, 3.05) is 12.4 Å². The number of aromatic nitrogens is 3. The van der Waals surface area contributed by atoms with Crippen molar-refractivity contribution >= 4 is 44.9 Å². The Hall–Kier alpha value is -2.97. The number of nitrogens with one attached hydrogen (secondary N) is 1. The molecule has 30 heavy (non-hydrogen) atoms. The van der Waals surface area contributed by atoms with Gasteiger partial charge >= 0.3 is 0 Å². The second-order valence-corrected chi connectivity index (χ2v) is 8.48. The summed E-state index contributed by atoms with van der Waals surface area (Å²) in [6.45, 7) is 1.88. The molecular formula is C21H16ClFN4O2S. The molecule has 5 rings (SSSR count). The first-order valence-corrected chi connectivity index (χ1v) is 10.4. The lowest BCUT2D eigenvalue weighted by atomic mass is 9.86. The maximum absolute atomic E-state index is 13.6. The van der Waals surface area contributed by atoms with Crippen LogP contribution in [0.4, 0.5) is 10.2 Å². The molecule has 0 saturated carbocycles. The minimum Gasteiger partial charge on any atom is -0.497 e. The van der Waals surface area contributed by atoms with Crippen LogP contribution in [0.25, 0.3) is 15.3 Å². The molecule has 0 aliphatic carbocycles. The van der Waals surface area contributed by atoms with Crippen LogP contribution in [0.3, 0.4) is 0 Å². The van der Waals surface area contributed by atoms with Gasteiger partial charge in [-0.3, -0.25) is 4.79 Å². The third kappa shape index (κ3) is 3.03. The van der Waals surface area contributed by atoms with Gasteiger partial charge in [0.05, 0.1) is 23.0 Å². The first-order valence-electron chi connectivity index (χ1n) is 9.24. The molecule has 9 heteroatoms. The van der Waals surface area contributed by atoms with E-state index in [9.17, 15) is 9.18 Å². The number of halogens is 2. The van der Waals surface area contributed by atoms with Gasteiger partial charge in [0.15, 0.2) is 0 Å². The van der Waals surface area contributed by atoms with Gasteiger partial charge in [-0.15, -0.1) is 0 Å². The highest BCUT2D eigenvalue weighted by Gasteiger charge is 2.34. The Morgan fingerprint density at radius 3 is 2.90 bits per heavy atom. The second kappa shape index (κ2) is 7.07. The summed E-state index contributed by atoms with van der Waals surface area (Å²) in [6.07, 6.45) is 0.210. The Kier molecular flexibility index (Phi) is 4.48. The van der Waals surface area contributed by atoms with Crippen molar-refractivity contribution in [3.63, 3.8) is 0 Å². The number of rotatable bonds is 3. The van der Waals surface area contributed by atoms with Crippen molar-refractivity contribution in [1.29, 1.82) is 0 Å². The Morgan fingerprint density at radius 1 is 1.30 bits per heavy atom. The molecule has 0 radical (unpaired) electrons. The summed E-state index contributed by atoms with van der Waals surface area (Å²) >= 11 is 7.77. The first kappa shape index (κ1) is 19.0. The molecule has 152 valence electrons. The highest BCUT2D eigenvalue weighted by Crippen LogP contribution is 2.43. The predicted octanol–water partition coefficient (Wildman–Crippen LogP) is 5.07. The van der Waals surface area contributed by atoms with Crippen LogP contribution in [0.2, 0.25) is 5.02 Å². The van der Waals surface area contributed by atoms with E-state index in [4.69, 9.17) is 16.3 Å². The van der Waals surface area contributed by atoms with Crippen LogP contribution in [0.5, 0.6) is 5.75 Å². The maximum atomic E-state index is 13.6. The molecule has 0 saturated heterocycles. The molecule has 2 aromatic heterocycles. The molecular weight excluding hydrogens is 427 g/mol. The Labute approximate surface area is 180 Å². The number of benzene rings is 2. The van der Waals surface area contributed by atoms with Gasteiger partial charge < -0.3 is 10.1 Å². The van der Waals surface area contributed by atoms with E-state index in [1.807, 2.05) is 25.1 Å². The van der Waals surface area contributed by atoms with E-state index in [-0.39, 0.29) is 18.2 Å². The van der Waals surface area contributed by atoms with E-state index in [1.54, 1.807) is 17.9 Å². The van der Waals surface area contributed by atoms with Crippen LogP contribution in [0.1, 0.15) is 29.2 Å². The van der Waals surface area contributed by atoms with Crippen molar-refractivity contribution in [1.82, 2.24) is 14.8 Å². The van der Waals surface area contributed by atoms with Crippen LogP contribution < -0.4 is 10.1 Å². The SMILES string of the molecule is COc1ccc2nc(-n3nc(C)c4c3NC(=O)CC4c3ccc(F)cc3Cl)sc2c1. The zero-order valence-corrected chi connectivity index (χ0v) is 17.6. The second-order valence-electron chi connectivity index (χ2n) is 7.06. The van der Waals surface area contributed by atoms with E-state index in [2.05, 4.69) is 15.4 Å². The maximum Gasteiger partial charge on any atom is 0.226 e. The van der Waals surface area contributed by atoms with Gasteiger partial charge in [-0.2, -0.15) is 9.78 Å². The van der Waals surface area contributed by atoms with E-state index in [0.29, 0.717) is 21.5 Å². The predicted molar refractivity (Wildman–Crippen MR) is 115 cm³/mol. The molecule has 1 atom stereocenters. The number of hydrogen-bond acceptors (Lipinski definition) is 5. The average molecular weight is 443 g/mol. The number of carbonyl (C=O) groups excluding carboxylic acids is 1. The summed E-state index contributed by atoms with van der Waals surface area (Å²) in [7, 11) is 1.62. The minimum atomic E-state index is -0.415. The van der Waals surface area contributed by atoms with Crippen LogP contribution >= 0.6 is 22.9 Å². The molecule has 1 unspecified atom stereocenters. The lowest BCUT2D eigenvalue weighted by Crippen LogP contribution is -2.25. The van der Waals surface area contributed by atoms with Crippen molar-refractivity contribution < 1.29 is 13.9 Å². The van der Waals surface area contributed by atoms with Crippen molar-refractivity contribution in [3.05, 3.63) is 64.1 Å². The summed E-state index contributed by atoms with van der Waals surface area (Å²) in [5, 5.41) is 8.52. The van der Waals surface area contributed by atoms with Gasteiger partial charge in [0.1, 0.15) is 17.4 Å². The monoisotopic (exact) mass is 442 g/mol. The number of carbonyl (C=O) groups is 1. The number of fused-ring (bicyclic) bond motifs is 2. The van der Waals surface area contributed by atoms with Crippen LogP contribution in [-0.4, -0.2) is 27.8 Å². The summed E-state index contributed by atoms with van der Waals surface area (Å²) in [5.41, 5.74) is 3.14. The summed E-state index contributed by atoms with van der Waals surface area (Å²) in [5.74, 6) is 0.430. The highest BCUT2D eigenvalue weighted by atomic mass is 35.5. The number of anilines is 1. The third-order valence-corrected chi connectivity index (χ3v) is 6.53. The normalized spacial score (nSPS) is 15.9. The number of ether oxygens (including phenoxy) is 1. The van der Waals surface area contributed by atoms with Crippen molar-refractivity contribution in [3.8, 4) is 10.9 Å². The van der Waals surface area contributed by atoms with Gasteiger partial charge in [0.2, 0.25) is 11.0 Å². The van der Waals surface area contributed by atoms with Crippen molar-refractivity contribution in [2.24, 2.45) is 0 Å². The van der Waals surface area contributed by atoms with E-state index >= 15 is 0 Å². The standard InChI is InChI=1S/C21H16ClFN4O2S/c1-10-19-14(13-5-3-11(23)7-15(13)22)9-18(28)25-20(19)27(26-10)21-24-16-6-4-12(29-2)8-17(16)30-21/h3-8,14H,9H2,1-2H3,(H,25,28). The number of amides is 1. The van der Waals surface area contributed by atoms with Crippen LogP contribution in [-0.2, 0) is 4.79 Å². The Bertz CT molecular complexity index is 1320. The van der Waals surface area contributed by atoms with E-state index < -0.39 is 5.82 Å². The lowest BCUT2D eigenvalue weighted by molar-refractivity contribution is -0.116. The third-order valence-electron chi connectivity index (χ3n) is 5.21. The van der Waals surface area contributed by atoms with Gasteiger partial charge in [-0.1, -0.05) is 29.0 Å². The number of aryl methyl sites for hydroxylation is 1. The molecule has 1 aliphatic heterocycles. The lowest BCUT2D eigenvalue weighted by Gasteiger charge is -2.24. The highest BCUT2D eigenvalue weighted by molar-refractivity contribution is 7.20. The average Bonchev–Trinajstić information content (AvgIpc) is 3.27. The quantitative estimate of drug-likeness (QED) is 0.481. The minimum absolute atomic E-state index is 0.156. The Balaban J connectivity index is 1.66. The number of methoxy groups -OCH3 is 1. The van der Waals surface area contributed by atoms with Gasteiger partial charge in [0, 0.05) is 22.9 Å². The molecule has 0 spiro atoms. The van der Waals surface area contributed by atoms with E-state index in [0.717, 1.165) is 27.2 Å². The van der Waals surface area contributed by atoms with Gasteiger partial charge in [0.25, 0.3) is 0 Å². The number of nitrogens with zero attached hydrogens (tertiary/aromatic N) is 3. The van der Waals surface area contributed by atoms with Gasteiger partial charge in [-0.25, -0.2) is 9.37 Å². The van der Waals surface area contributed by atoms with Crippen LogP contribution in [0, 0.1) is 12.7 Å². The zero-order chi connectivity index (χ0) is 21.0. The summed E-state index contributed by atoms with van der Waals surface area (Å²) in [6, 6.07) is 9.91. The number of hydrogen-bond donors (Lipinski definition) is 1. The molecule has 1 N–H and O–H groups in total. The summed E-state index contributed by atoms with van der Waals surface area (Å²) < 4.78 is 21.4. The molecule has 0 fully saturated rings. The van der Waals surface area contributed by atoms with Gasteiger partial charge in [-0.05, 0) is 42.8 Å². The molecule has 4 aromatic rings.